The number of carbonyl (C=O) groups is 5. The van der Waals surface area contributed by atoms with Gasteiger partial charge in [-0.25, -0.2) is 4.79 Å². The van der Waals surface area contributed by atoms with Crippen molar-refractivity contribution in [3.8, 4) is 0 Å². The number of epoxide rings is 1. The van der Waals surface area contributed by atoms with Gasteiger partial charge in [0.1, 0.15) is 36.0 Å². The number of Topliss-reactive ketones (excluding diaryl/α,β-unsaturated/α-hetero) is 3. The SMILES string of the molecule is C/C=C\[C@H](C)[C@H]1O[C@]1(C)[C@H](O)[C@H]1COC(=O)[C@H](O)C(OC)[C@H](C)C(=O)[C@H](C)C(OC(C)=O)/C(C)=C/[C@H](C)C(=O)C[C@H](O)[C@@](O)(CO)C1=O. The first kappa shape index (κ1) is 41.3. The highest BCUT2D eigenvalue weighted by atomic mass is 16.6. The van der Waals surface area contributed by atoms with Gasteiger partial charge in [0, 0.05) is 38.2 Å². The zero-order valence-corrected chi connectivity index (χ0v) is 29.1. The molecule has 1 saturated heterocycles. The molecule has 2 aliphatic rings. The Morgan fingerprint density at radius 3 is 2.27 bits per heavy atom. The highest BCUT2D eigenvalue weighted by Gasteiger charge is 2.63. The number of hydrogen-bond donors (Lipinski definition) is 5. The third kappa shape index (κ3) is 8.84. The molecule has 5 N–H and O–H groups in total. The van der Waals surface area contributed by atoms with Gasteiger partial charge in [-0.1, -0.05) is 45.9 Å². The van der Waals surface area contributed by atoms with E-state index in [4.69, 9.17) is 18.9 Å². The van der Waals surface area contributed by atoms with Crippen LogP contribution in [0.5, 0.6) is 0 Å². The maximum atomic E-state index is 14.0. The number of rotatable bonds is 7. The Labute approximate surface area is 281 Å². The van der Waals surface area contributed by atoms with Gasteiger partial charge in [-0.3, -0.25) is 19.2 Å². The average Bonchev–Trinajstić information content (AvgIpc) is 3.74. The molecule has 14 heteroatoms. The number of ether oxygens (including phenoxy) is 4. The van der Waals surface area contributed by atoms with Crippen LogP contribution in [0.2, 0.25) is 0 Å². The lowest BCUT2D eigenvalue weighted by Crippen LogP contribution is -2.59. The van der Waals surface area contributed by atoms with Crippen molar-refractivity contribution in [3.05, 3.63) is 23.8 Å². The molecule has 0 radical (unpaired) electrons. The summed E-state index contributed by atoms with van der Waals surface area (Å²) in [6.07, 6.45) is -5.10. The molecule has 1 fully saturated rings. The first-order valence-electron chi connectivity index (χ1n) is 16.1. The molecule has 0 aromatic rings. The maximum absolute atomic E-state index is 14.0. The molecule has 0 aromatic heterocycles. The van der Waals surface area contributed by atoms with E-state index in [-0.39, 0.29) is 5.92 Å². The molecule has 0 amide bonds. The predicted octanol–water partition coefficient (Wildman–Crippen LogP) is 0.234. The van der Waals surface area contributed by atoms with Crippen molar-refractivity contribution in [2.45, 2.75) is 110 Å². The van der Waals surface area contributed by atoms with Gasteiger partial charge < -0.3 is 44.5 Å². The van der Waals surface area contributed by atoms with E-state index in [9.17, 15) is 49.5 Å². The molecule has 0 aliphatic carbocycles. The second-order valence-electron chi connectivity index (χ2n) is 13.3. The summed E-state index contributed by atoms with van der Waals surface area (Å²) < 4.78 is 21.8. The Hall–Kier alpha value is -2.85. The summed E-state index contributed by atoms with van der Waals surface area (Å²) in [4.78, 5) is 66.0. The third-order valence-corrected chi connectivity index (χ3v) is 9.62. The molecule has 2 aliphatic heterocycles. The maximum Gasteiger partial charge on any atom is 0.337 e. The van der Waals surface area contributed by atoms with Crippen LogP contribution in [0.25, 0.3) is 0 Å². The lowest BCUT2D eigenvalue weighted by Gasteiger charge is -2.36. The number of carbonyl (C=O) groups excluding carboxylic acids is 5. The normalized spacial score (nSPS) is 40.3. The zero-order chi connectivity index (χ0) is 36.9. The average molecular weight is 685 g/mol. The highest BCUT2D eigenvalue weighted by molar-refractivity contribution is 5.93. The molecule has 0 spiro atoms. The van der Waals surface area contributed by atoms with Crippen LogP contribution < -0.4 is 0 Å². The smallest absolute Gasteiger partial charge is 0.337 e. The summed E-state index contributed by atoms with van der Waals surface area (Å²) >= 11 is 0. The predicted molar refractivity (Wildman–Crippen MR) is 169 cm³/mol. The van der Waals surface area contributed by atoms with Crippen LogP contribution in [-0.2, 0) is 42.9 Å². The molecule has 0 saturated carbocycles. The molecule has 2 unspecified atom stereocenters. The molecule has 2 rings (SSSR count). The lowest BCUT2D eigenvalue weighted by atomic mass is 9.76. The fourth-order valence-electron chi connectivity index (χ4n) is 6.51. The van der Waals surface area contributed by atoms with Gasteiger partial charge >= 0.3 is 11.9 Å². The summed E-state index contributed by atoms with van der Waals surface area (Å²) in [5, 5.41) is 55.1. The van der Waals surface area contributed by atoms with Gasteiger partial charge in [-0.15, -0.1) is 0 Å². The van der Waals surface area contributed by atoms with E-state index < -0.39 is 120 Å². The fraction of sp³-hybridized carbons (Fsp3) is 0.735. The molecule has 2 heterocycles. The highest BCUT2D eigenvalue weighted by Crippen LogP contribution is 2.47. The third-order valence-electron chi connectivity index (χ3n) is 9.62. The number of hydrogen-bond acceptors (Lipinski definition) is 14. The first-order valence-corrected chi connectivity index (χ1v) is 16.1. The molecular formula is C34H52O14. The van der Waals surface area contributed by atoms with Gasteiger partial charge in [0.05, 0.1) is 36.8 Å². The van der Waals surface area contributed by atoms with Crippen molar-refractivity contribution in [1.29, 1.82) is 0 Å². The van der Waals surface area contributed by atoms with E-state index in [0.717, 1.165) is 14.0 Å². The van der Waals surface area contributed by atoms with Gasteiger partial charge in [0.25, 0.3) is 0 Å². The Morgan fingerprint density at radius 1 is 1.15 bits per heavy atom. The lowest BCUT2D eigenvalue weighted by molar-refractivity contribution is -0.177. The monoisotopic (exact) mass is 684 g/mol. The van der Waals surface area contributed by atoms with E-state index >= 15 is 0 Å². The van der Waals surface area contributed by atoms with Crippen molar-refractivity contribution in [2.75, 3.05) is 20.3 Å². The standard InChI is InChI=1S/C34H52O14/c1-10-11-16(2)31-33(8,48-31)29(41)22-14-46-32(43)26(40)28(45-9)20(6)25(39)19(5)27(47-21(7)36)18(4)12-17(3)23(37)13-24(38)34(44,15-35)30(22)42/h10-12,16-17,19-20,22,24,26-29,31,35,38,40-41,44H,13-15H2,1-9H3/b11-10-,18-12+/t16-,17-,19-,20+,22+,24-,26+,27?,28?,29+,31+,33+,34-/m0/s1. The number of allylic oxidation sites excluding steroid dienone is 2. The summed E-state index contributed by atoms with van der Waals surface area (Å²) in [6.45, 7) is 9.76. The molecule has 0 bridgehead atoms. The molecule has 13 atom stereocenters. The summed E-state index contributed by atoms with van der Waals surface area (Å²) in [7, 11) is 1.15. The molecular weight excluding hydrogens is 632 g/mol. The van der Waals surface area contributed by atoms with E-state index in [0.29, 0.717) is 5.57 Å². The van der Waals surface area contributed by atoms with Crippen molar-refractivity contribution in [1.82, 2.24) is 0 Å². The number of esters is 2. The number of cyclic esters (lactones) is 1. The number of ketones is 3. The first-order chi connectivity index (χ1) is 22.2. The van der Waals surface area contributed by atoms with E-state index in [1.165, 1.54) is 40.7 Å². The molecule has 0 aromatic carbocycles. The van der Waals surface area contributed by atoms with Crippen LogP contribution in [0.4, 0.5) is 0 Å². The van der Waals surface area contributed by atoms with Crippen LogP contribution in [0.15, 0.2) is 23.8 Å². The van der Waals surface area contributed by atoms with Crippen molar-refractivity contribution < 1.29 is 68.5 Å². The van der Waals surface area contributed by atoms with Crippen LogP contribution in [0.1, 0.15) is 61.8 Å². The minimum Gasteiger partial charge on any atom is -0.463 e. The number of aliphatic hydroxyl groups excluding tert-OH is 4. The van der Waals surface area contributed by atoms with Crippen molar-refractivity contribution >= 4 is 29.3 Å². The largest absolute Gasteiger partial charge is 0.463 e. The fourth-order valence-corrected chi connectivity index (χ4v) is 6.51. The van der Waals surface area contributed by atoms with Gasteiger partial charge in [-0.2, -0.15) is 0 Å². The summed E-state index contributed by atoms with van der Waals surface area (Å²) in [5.74, 6) is -9.88. The van der Waals surface area contributed by atoms with Crippen LogP contribution >= 0.6 is 0 Å². The minimum atomic E-state index is -3.00. The van der Waals surface area contributed by atoms with E-state index in [2.05, 4.69) is 0 Å². The summed E-state index contributed by atoms with van der Waals surface area (Å²) in [6, 6.07) is 0. The van der Waals surface area contributed by atoms with Gasteiger partial charge in [-0.05, 0) is 26.3 Å². The Morgan fingerprint density at radius 2 is 1.75 bits per heavy atom. The Balaban J connectivity index is 2.67. The quantitative estimate of drug-likeness (QED) is 0.138. The number of methoxy groups -OCH3 is 1. The van der Waals surface area contributed by atoms with Gasteiger partial charge in [0.2, 0.25) is 0 Å². The minimum absolute atomic E-state index is 0.226. The molecule has 48 heavy (non-hydrogen) atoms. The second-order valence-corrected chi connectivity index (χ2v) is 13.3. The van der Waals surface area contributed by atoms with E-state index in [1.807, 2.05) is 13.0 Å². The van der Waals surface area contributed by atoms with Crippen LogP contribution in [0.3, 0.4) is 0 Å². The van der Waals surface area contributed by atoms with Crippen LogP contribution in [-0.4, -0.2) is 123 Å². The Kier molecular flexibility index (Phi) is 14.4. The van der Waals surface area contributed by atoms with Crippen molar-refractivity contribution in [2.24, 2.45) is 29.6 Å². The molecule has 14 nitrogen and oxygen atoms in total. The zero-order valence-electron chi connectivity index (χ0n) is 29.1. The second kappa shape index (κ2) is 16.7. The number of aliphatic hydroxyl groups is 5. The topological polar surface area (TPSA) is 227 Å². The van der Waals surface area contributed by atoms with E-state index in [1.54, 1.807) is 13.0 Å². The van der Waals surface area contributed by atoms with Crippen LogP contribution in [0, 0.1) is 29.6 Å². The van der Waals surface area contributed by atoms with Crippen molar-refractivity contribution in [3.63, 3.8) is 0 Å². The Bertz CT molecular complexity index is 1260. The molecule has 272 valence electrons. The van der Waals surface area contributed by atoms with Gasteiger partial charge in [0.15, 0.2) is 17.5 Å². The summed E-state index contributed by atoms with van der Waals surface area (Å²) in [5.41, 5.74) is -4.10.